The average Bonchev–Trinajstić information content (AvgIpc) is 3.05. The van der Waals surface area contributed by atoms with E-state index in [1.54, 1.807) is 55.5 Å². The molecule has 0 aliphatic heterocycles. The number of nitrogens with one attached hydrogen (secondary N) is 1. The van der Waals surface area contributed by atoms with Crippen molar-refractivity contribution in [1.82, 2.24) is 4.57 Å². The third-order valence-corrected chi connectivity index (χ3v) is 5.07. The van der Waals surface area contributed by atoms with Crippen LogP contribution < -0.4 is 5.32 Å². The van der Waals surface area contributed by atoms with Crippen molar-refractivity contribution in [3.8, 4) is 11.8 Å². The largest absolute Gasteiger partial charge is 0.462 e. The molecule has 2 aromatic carbocycles. The number of anilines is 1. The van der Waals surface area contributed by atoms with Gasteiger partial charge in [0.25, 0.3) is 5.91 Å². The molecule has 0 fully saturated rings. The maximum atomic E-state index is 12.6. The number of amides is 1. The van der Waals surface area contributed by atoms with Crippen molar-refractivity contribution in [3.63, 3.8) is 0 Å². The van der Waals surface area contributed by atoms with E-state index in [-0.39, 0.29) is 11.5 Å². The molecule has 1 N–H and O–H groups in total. The summed E-state index contributed by atoms with van der Waals surface area (Å²) in [4.78, 5) is 24.7. The predicted octanol–water partition coefficient (Wildman–Crippen LogP) is 5.47. The minimum Gasteiger partial charge on any atom is -0.462 e. The number of benzene rings is 2. The molecule has 6 nitrogen and oxygen atoms in total. The minimum absolute atomic E-state index is 0.0366. The minimum atomic E-state index is -0.524. The van der Waals surface area contributed by atoms with Crippen molar-refractivity contribution >= 4 is 35.2 Å². The Balaban J connectivity index is 1.93. The molecule has 0 atom stereocenters. The van der Waals surface area contributed by atoms with Crippen LogP contribution in [-0.2, 0) is 9.53 Å². The fraction of sp³-hybridized carbons (Fsp3) is 0.160. The third kappa shape index (κ3) is 5.08. The Hall–Kier alpha value is -3.82. The van der Waals surface area contributed by atoms with Crippen molar-refractivity contribution in [3.05, 3.63) is 87.7 Å². The lowest BCUT2D eigenvalue weighted by molar-refractivity contribution is -0.112. The number of hydrogen-bond acceptors (Lipinski definition) is 4. The number of esters is 1. The summed E-state index contributed by atoms with van der Waals surface area (Å²) < 4.78 is 7.04. The molecule has 3 aromatic rings. The van der Waals surface area contributed by atoms with Crippen LogP contribution in [-0.4, -0.2) is 23.1 Å². The Morgan fingerprint density at radius 2 is 1.91 bits per heavy atom. The number of nitrogens with zero attached hydrogens (tertiary/aromatic N) is 2. The van der Waals surface area contributed by atoms with E-state index >= 15 is 0 Å². The van der Waals surface area contributed by atoms with Gasteiger partial charge in [0.15, 0.2) is 0 Å². The fourth-order valence-corrected chi connectivity index (χ4v) is 3.58. The van der Waals surface area contributed by atoms with Crippen molar-refractivity contribution in [2.45, 2.75) is 20.8 Å². The van der Waals surface area contributed by atoms with Gasteiger partial charge in [-0.3, -0.25) is 4.79 Å². The zero-order valence-corrected chi connectivity index (χ0v) is 18.7. The molecule has 0 saturated heterocycles. The second kappa shape index (κ2) is 9.99. The number of carbonyl (C=O) groups excluding carboxylic acids is 2. The molecule has 162 valence electrons. The van der Waals surface area contributed by atoms with Crippen LogP contribution in [0.5, 0.6) is 0 Å². The van der Waals surface area contributed by atoms with Crippen LogP contribution in [0.4, 0.5) is 5.69 Å². The molecule has 1 aromatic heterocycles. The standard InChI is InChI=1S/C25H22ClN3O3/c1-4-32-25(31)18-7-5-10-23(13-18)29-16(2)11-19(17(29)3)12-20(15-27)24(30)28-22-9-6-8-21(26)14-22/h5-14H,4H2,1-3H3,(H,28,30). The van der Waals surface area contributed by atoms with Gasteiger partial charge in [-0.05, 0) is 74.9 Å². The van der Waals surface area contributed by atoms with Crippen LogP contribution in [0.1, 0.15) is 34.2 Å². The average molecular weight is 448 g/mol. The van der Waals surface area contributed by atoms with Crippen LogP contribution in [0, 0.1) is 25.2 Å². The number of hydrogen-bond donors (Lipinski definition) is 1. The molecular weight excluding hydrogens is 426 g/mol. The summed E-state index contributed by atoms with van der Waals surface area (Å²) in [6.07, 6.45) is 1.55. The number of aryl methyl sites for hydroxylation is 1. The first-order valence-corrected chi connectivity index (χ1v) is 10.4. The summed E-state index contributed by atoms with van der Waals surface area (Å²) in [7, 11) is 0. The summed E-state index contributed by atoms with van der Waals surface area (Å²) in [6, 6.07) is 17.7. The number of aromatic nitrogens is 1. The number of carbonyl (C=O) groups is 2. The second-order valence-corrected chi connectivity index (χ2v) is 7.50. The van der Waals surface area contributed by atoms with Gasteiger partial charge in [-0.25, -0.2) is 4.79 Å². The zero-order valence-electron chi connectivity index (χ0n) is 18.0. The van der Waals surface area contributed by atoms with E-state index in [9.17, 15) is 14.9 Å². The first kappa shape index (κ1) is 22.9. The number of rotatable bonds is 6. The zero-order chi connectivity index (χ0) is 23.3. The highest BCUT2D eigenvalue weighted by atomic mass is 35.5. The maximum absolute atomic E-state index is 12.6. The van der Waals surface area contributed by atoms with Crippen LogP contribution >= 0.6 is 11.6 Å². The second-order valence-electron chi connectivity index (χ2n) is 7.07. The van der Waals surface area contributed by atoms with Crippen LogP contribution in [0.25, 0.3) is 11.8 Å². The Morgan fingerprint density at radius 3 is 2.59 bits per heavy atom. The molecule has 3 rings (SSSR count). The molecule has 0 bridgehead atoms. The van der Waals surface area contributed by atoms with Gasteiger partial charge in [0, 0.05) is 27.8 Å². The van der Waals surface area contributed by atoms with Crippen LogP contribution in [0.2, 0.25) is 5.02 Å². The van der Waals surface area contributed by atoms with Gasteiger partial charge in [-0.2, -0.15) is 5.26 Å². The Bertz CT molecular complexity index is 1250. The van der Waals surface area contributed by atoms with E-state index in [1.165, 1.54) is 0 Å². The van der Waals surface area contributed by atoms with Gasteiger partial charge in [-0.1, -0.05) is 23.7 Å². The summed E-state index contributed by atoms with van der Waals surface area (Å²) >= 11 is 5.96. The van der Waals surface area contributed by atoms with Gasteiger partial charge >= 0.3 is 5.97 Å². The molecule has 32 heavy (non-hydrogen) atoms. The molecule has 7 heteroatoms. The van der Waals surface area contributed by atoms with E-state index in [1.807, 2.05) is 36.6 Å². The molecule has 1 heterocycles. The Labute approximate surface area is 191 Å². The maximum Gasteiger partial charge on any atom is 0.338 e. The van der Waals surface area contributed by atoms with Crippen molar-refractivity contribution in [2.24, 2.45) is 0 Å². The van der Waals surface area contributed by atoms with Crippen molar-refractivity contribution in [2.75, 3.05) is 11.9 Å². The predicted molar refractivity (Wildman–Crippen MR) is 125 cm³/mol. The van der Waals surface area contributed by atoms with Gasteiger partial charge in [0.2, 0.25) is 0 Å². The lowest BCUT2D eigenvalue weighted by Gasteiger charge is -2.11. The third-order valence-electron chi connectivity index (χ3n) is 4.83. The van der Waals surface area contributed by atoms with Crippen LogP contribution in [0.3, 0.4) is 0 Å². The van der Waals surface area contributed by atoms with E-state index < -0.39 is 5.91 Å². The van der Waals surface area contributed by atoms with Gasteiger partial charge < -0.3 is 14.6 Å². The first-order chi connectivity index (χ1) is 15.3. The molecule has 0 radical (unpaired) electrons. The molecule has 0 aliphatic carbocycles. The van der Waals surface area contributed by atoms with Crippen molar-refractivity contribution in [1.29, 1.82) is 5.26 Å². The Morgan fingerprint density at radius 1 is 1.16 bits per heavy atom. The van der Waals surface area contributed by atoms with E-state index in [0.717, 1.165) is 22.6 Å². The smallest absolute Gasteiger partial charge is 0.338 e. The molecule has 0 spiro atoms. The van der Waals surface area contributed by atoms with E-state index in [4.69, 9.17) is 16.3 Å². The van der Waals surface area contributed by atoms with E-state index in [0.29, 0.717) is 22.9 Å². The highest BCUT2D eigenvalue weighted by molar-refractivity contribution is 6.31. The van der Waals surface area contributed by atoms with Crippen molar-refractivity contribution < 1.29 is 14.3 Å². The highest BCUT2D eigenvalue weighted by Gasteiger charge is 2.15. The molecule has 0 aliphatic rings. The SMILES string of the molecule is CCOC(=O)c1cccc(-n2c(C)cc(C=C(C#N)C(=O)Nc3cccc(Cl)c3)c2C)c1. The molecule has 1 amide bonds. The summed E-state index contributed by atoms with van der Waals surface area (Å²) in [5.74, 6) is -0.912. The number of ether oxygens (including phenoxy) is 1. The summed E-state index contributed by atoms with van der Waals surface area (Å²) in [5, 5.41) is 12.7. The highest BCUT2D eigenvalue weighted by Crippen LogP contribution is 2.24. The topological polar surface area (TPSA) is 84.1 Å². The van der Waals surface area contributed by atoms with Crippen LogP contribution in [0.15, 0.2) is 60.2 Å². The number of halogens is 1. The lowest BCUT2D eigenvalue weighted by atomic mass is 10.1. The Kier molecular flexibility index (Phi) is 7.14. The number of nitriles is 1. The van der Waals surface area contributed by atoms with Gasteiger partial charge in [-0.15, -0.1) is 0 Å². The lowest BCUT2D eigenvalue weighted by Crippen LogP contribution is -2.13. The normalized spacial score (nSPS) is 11.0. The molecule has 0 unspecified atom stereocenters. The van der Waals surface area contributed by atoms with Gasteiger partial charge in [0.05, 0.1) is 12.2 Å². The molecule has 0 saturated carbocycles. The first-order valence-electron chi connectivity index (χ1n) is 9.99. The summed E-state index contributed by atoms with van der Waals surface area (Å²) in [5.41, 5.74) is 4.14. The van der Waals surface area contributed by atoms with E-state index in [2.05, 4.69) is 5.32 Å². The monoisotopic (exact) mass is 447 g/mol. The quantitative estimate of drug-likeness (QED) is 0.308. The molecular formula is C25H22ClN3O3. The fourth-order valence-electron chi connectivity index (χ4n) is 3.39. The summed E-state index contributed by atoms with van der Waals surface area (Å²) in [6.45, 7) is 5.86. The van der Waals surface area contributed by atoms with Gasteiger partial charge in [0.1, 0.15) is 11.6 Å².